The zero-order valence-electron chi connectivity index (χ0n) is 9.74. The van der Waals surface area contributed by atoms with Crippen molar-refractivity contribution >= 4 is 17.2 Å². The Balaban J connectivity index is 1.90. The summed E-state index contributed by atoms with van der Waals surface area (Å²) in [5, 5.41) is 16.6. The quantitative estimate of drug-likeness (QED) is 0.625. The van der Waals surface area contributed by atoms with Gasteiger partial charge in [-0.2, -0.15) is 4.80 Å². The van der Waals surface area contributed by atoms with E-state index in [9.17, 15) is 4.79 Å². The molecule has 94 valence electrons. The lowest BCUT2D eigenvalue weighted by atomic mass is 10.4. The van der Waals surface area contributed by atoms with Crippen molar-refractivity contribution in [2.75, 3.05) is 6.54 Å². The van der Waals surface area contributed by atoms with E-state index in [0.717, 1.165) is 11.3 Å². The van der Waals surface area contributed by atoms with Crippen LogP contribution < -0.4 is 5.32 Å². The second-order valence-electron chi connectivity index (χ2n) is 3.55. The van der Waals surface area contributed by atoms with Gasteiger partial charge >= 0.3 is 0 Å². The summed E-state index contributed by atoms with van der Waals surface area (Å²) in [6.07, 6.45) is 2.50. The van der Waals surface area contributed by atoms with Crippen molar-refractivity contribution in [1.82, 2.24) is 25.5 Å². The first-order valence-corrected chi connectivity index (χ1v) is 6.37. The number of carbonyl (C=O) groups excluding carboxylic acids is 1. The van der Waals surface area contributed by atoms with Crippen LogP contribution in [0.5, 0.6) is 0 Å². The molecule has 0 saturated carbocycles. The first-order chi connectivity index (χ1) is 8.79. The maximum absolute atomic E-state index is 11.5. The fraction of sp³-hybridized carbons (Fsp3) is 0.273. The third kappa shape index (κ3) is 3.24. The highest BCUT2D eigenvalue weighted by molar-refractivity contribution is 7.13. The van der Waals surface area contributed by atoms with Crippen LogP contribution in [0.3, 0.4) is 0 Å². The fourth-order valence-electron chi connectivity index (χ4n) is 1.31. The Bertz CT molecular complexity index is 519. The predicted octanol–water partition coefficient (Wildman–Crippen LogP) is 1.09. The molecule has 0 spiro atoms. The van der Waals surface area contributed by atoms with Gasteiger partial charge in [0.25, 0.3) is 0 Å². The van der Waals surface area contributed by atoms with Crippen LogP contribution in [0.2, 0.25) is 0 Å². The summed E-state index contributed by atoms with van der Waals surface area (Å²) < 4.78 is 0. The summed E-state index contributed by atoms with van der Waals surface area (Å²) in [7, 11) is 0. The number of amides is 1. The van der Waals surface area contributed by atoms with Crippen LogP contribution in [0.15, 0.2) is 30.2 Å². The van der Waals surface area contributed by atoms with Crippen molar-refractivity contribution in [3.05, 3.63) is 30.2 Å². The Morgan fingerprint density at radius 2 is 2.50 bits per heavy atom. The largest absolute Gasteiger partial charge is 0.354 e. The average Bonchev–Trinajstić information content (AvgIpc) is 2.98. The summed E-state index contributed by atoms with van der Waals surface area (Å²) in [4.78, 5) is 13.7. The van der Waals surface area contributed by atoms with Gasteiger partial charge in [0.1, 0.15) is 6.54 Å². The standard InChI is InChI=1S/C11H13N5OS/c1-2-3-6-12-10(17)8-16-14-11(13-15-16)9-5-4-7-18-9/h2,4-5,7H,1,3,6,8H2,(H,12,17). The summed E-state index contributed by atoms with van der Waals surface area (Å²) in [6.45, 7) is 4.24. The zero-order chi connectivity index (χ0) is 12.8. The number of aromatic nitrogens is 4. The van der Waals surface area contributed by atoms with Crippen LogP contribution in [0.4, 0.5) is 0 Å². The molecule has 2 aromatic heterocycles. The van der Waals surface area contributed by atoms with Crippen LogP contribution in [0.25, 0.3) is 10.7 Å². The summed E-state index contributed by atoms with van der Waals surface area (Å²) >= 11 is 1.54. The molecule has 2 aromatic rings. The lowest BCUT2D eigenvalue weighted by Gasteiger charge is -2.01. The maximum atomic E-state index is 11.5. The Hall–Kier alpha value is -2.02. The second-order valence-corrected chi connectivity index (χ2v) is 4.50. The Morgan fingerprint density at radius 1 is 1.61 bits per heavy atom. The minimum atomic E-state index is -0.132. The molecular weight excluding hydrogens is 250 g/mol. The molecule has 1 N–H and O–H groups in total. The lowest BCUT2D eigenvalue weighted by Crippen LogP contribution is -2.29. The average molecular weight is 263 g/mol. The normalized spacial score (nSPS) is 10.2. The minimum Gasteiger partial charge on any atom is -0.354 e. The van der Waals surface area contributed by atoms with Crippen molar-refractivity contribution < 1.29 is 4.79 Å². The van der Waals surface area contributed by atoms with E-state index in [1.807, 2.05) is 17.5 Å². The molecular formula is C11H13N5OS. The van der Waals surface area contributed by atoms with Crippen LogP contribution >= 0.6 is 11.3 Å². The Labute approximate surface area is 108 Å². The monoisotopic (exact) mass is 263 g/mol. The SMILES string of the molecule is C=CCCNC(=O)Cn1nnc(-c2cccs2)n1. The number of nitrogens with one attached hydrogen (secondary N) is 1. The van der Waals surface area contributed by atoms with Gasteiger partial charge in [0.2, 0.25) is 11.7 Å². The molecule has 0 atom stereocenters. The van der Waals surface area contributed by atoms with Gasteiger partial charge in [-0.25, -0.2) is 0 Å². The highest BCUT2D eigenvalue weighted by Gasteiger charge is 2.09. The molecule has 0 radical (unpaired) electrons. The number of carbonyl (C=O) groups is 1. The number of hydrogen-bond donors (Lipinski definition) is 1. The first-order valence-electron chi connectivity index (χ1n) is 5.49. The van der Waals surface area contributed by atoms with Crippen molar-refractivity contribution in [1.29, 1.82) is 0 Å². The summed E-state index contributed by atoms with van der Waals surface area (Å²) in [5.74, 6) is 0.413. The van der Waals surface area contributed by atoms with E-state index in [2.05, 4.69) is 27.3 Å². The highest BCUT2D eigenvalue weighted by Crippen LogP contribution is 2.19. The molecule has 0 aliphatic carbocycles. The molecule has 0 saturated heterocycles. The van der Waals surface area contributed by atoms with Crippen molar-refractivity contribution in [2.45, 2.75) is 13.0 Å². The van der Waals surface area contributed by atoms with Gasteiger partial charge in [0, 0.05) is 6.54 Å². The van der Waals surface area contributed by atoms with E-state index in [4.69, 9.17) is 0 Å². The van der Waals surface area contributed by atoms with Crippen molar-refractivity contribution in [2.24, 2.45) is 0 Å². The fourth-order valence-corrected chi connectivity index (χ4v) is 1.96. The molecule has 2 heterocycles. The smallest absolute Gasteiger partial charge is 0.243 e. The summed E-state index contributed by atoms with van der Waals surface area (Å²) in [6, 6.07) is 3.83. The third-order valence-corrected chi connectivity index (χ3v) is 3.02. The number of rotatable bonds is 6. The number of tetrazole rings is 1. The van der Waals surface area contributed by atoms with E-state index in [1.165, 1.54) is 16.1 Å². The summed E-state index contributed by atoms with van der Waals surface area (Å²) in [5.41, 5.74) is 0. The minimum absolute atomic E-state index is 0.0789. The van der Waals surface area contributed by atoms with Crippen LogP contribution in [0.1, 0.15) is 6.42 Å². The Morgan fingerprint density at radius 3 is 3.22 bits per heavy atom. The van der Waals surface area contributed by atoms with E-state index in [-0.39, 0.29) is 12.5 Å². The lowest BCUT2D eigenvalue weighted by molar-refractivity contribution is -0.122. The third-order valence-electron chi connectivity index (χ3n) is 2.15. The molecule has 6 nitrogen and oxygen atoms in total. The number of hydrogen-bond acceptors (Lipinski definition) is 5. The number of thiophene rings is 1. The molecule has 2 rings (SSSR count). The zero-order valence-corrected chi connectivity index (χ0v) is 10.6. The van der Waals surface area contributed by atoms with Gasteiger partial charge in [-0.15, -0.1) is 28.1 Å². The van der Waals surface area contributed by atoms with E-state index < -0.39 is 0 Å². The van der Waals surface area contributed by atoms with Crippen LogP contribution in [0, 0.1) is 0 Å². The van der Waals surface area contributed by atoms with Crippen molar-refractivity contribution in [3.63, 3.8) is 0 Å². The van der Waals surface area contributed by atoms with Gasteiger partial charge in [0.05, 0.1) is 4.88 Å². The molecule has 0 bridgehead atoms. The molecule has 7 heteroatoms. The predicted molar refractivity (Wildman–Crippen MR) is 69.0 cm³/mol. The number of nitrogens with zero attached hydrogens (tertiary/aromatic N) is 4. The highest BCUT2D eigenvalue weighted by atomic mass is 32.1. The molecule has 0 unspecified atom stereocenters. The molecule has 1 amide bonds. The maximum Gasteiger partial charge on any atom is 0.243 e. The molecule has 0 aliphatic rings. The molecule has 0 aromatic carbocycles. The van der Waals surface area contributed by atoms with Crippen LogP contribution in [-0.2, 0) is 11.3 Å². The molecule has 18 heavy (non-hydrogen) atoms. The van der Waals surface area contributed by atoms with E-state index in [1.54, 1.807) is 6.08 Å². The first kappa shape index (κ1) is 12.4. The van der Waals surface area contributed by atoms with Gasteiger partial charge in [0.15, 0.2) is 0 Å². The molecule has 0 fully saturated rings. The Kier molecular flexibility index (Phi) is 4.19. The van der Waals surface area contributed by atoms with Gasteiger partial charge in [-0.3, -0.25) is 4.79 Å². The second kappa shape index (κ2) is 6.06. The topological polar surface area (TPSA) is 72.7 Å². The van der Waals surface area contributed by atoms with E-state index in [0.29, 0.717) is 12.4 Å². The van der Waals surface area contributed by atoms with Gasteiger partial charge < -0.3 is 5.32 Å². The molecule has 0 aliphatic heterocycles. The van der Waals surface area contributed by atoms with Gasteiger partial charge in [-0.1, -0.05) is 12.1 Å². The van der Waals surface area contributed by atoms with Crippen LogP contribution in [-0.4, -0.2) is 32.7 Å². The van der Waals surface area contributed by atoms with E-state index >= 15 is 0 Å². The van der Waals surface area contributed by atoms with Gasteiger partial charge in [-0.05, 0) is 23.1 Å². The van der Waals surface area contributed by atoms with Crippen molar-refractivity contribution in [3.8, 4) is 10.7 Å².